The lowest BCUT2D eigenvalue weighted by Gasteiger charge is -2.11. The number of hydrogen-bond acceptors (Lipinski definition) is 3. The Bertz CT molecular complexity index is 652. The zero-order chi connectivity index (χ0) is 14.7. The quantitative estimate of drug-likeness (QED) is 0.931. The second-order valence-electron chi connectivity index (χ2n) is 4.07. The van der Waals surface area contributed by atoms with Gasteiger partial charge in [-0.1, -0.05) is 6.07 Å². The number of halogens is 1. The van der Waals surface area contributed by atoms with Gasteiger partial charge in [0.25, 0.3) is 0 Å². The van der Waals surface area contributed by atoms with E-state index in [1.54, 1.807) is 18.2 Å². The van der Waals surface area contributed by atoms with Crippen LogP contribution in [0, 0.1) is 5.82 Å². The van der Waals surface area contributed by atoms with Gasteiger partial charge in [-0.25, -0.2) is 9.18 Å². The maximum absolute atomic E-state index is 13.4. The summed E-state index contributed by atoms with van der Waals surface area (Å²) >= 11 is 0. The van der Waals surface area contributed by atoms with Crippen LogP contribution >= 0.6 is 0 Å². The average molecular weight is 276 g/mol. The Hall–Kier alpha value is -2.56. The molecule has 2 rings (SSSR count). The summed E-state index contributed by atoms with van der Waals surface area (Å²) in [5.41, 5.74) is 0.847. The number of carboxylic acid groups (broad SMARTS) is 1. The Morgan fingerprint density at radius 3 is 2.45 bits per heavy atom. The van der Waals surface area contributed by atoms with Gasteiger partial charge in [-0.05, 0) is 29.8 Å². The maximum atomic E-state index is 13.4. The van der Waals surface area contributed by atoms with Crippen LogP contribution in [0.5, 0.6) is 11.5 Å². The summed E-state index contributed by atoms with van der Waals surface area (Å²) in [5.74, 6) is -0.941. The fourth-order valence-corrected chi connectivity index (χ4v) is 1.89. The van der Waals surface area contributed by atoms with E-state index in [2.05, 4.69) is 0 Å². The molecule has 0 aromatic heterocycles. The number of rotatable bonds is 4. The van der Waals surface area contributed by atoms with Crippen molar-refractivity contribution in [1.29, 1.82) is 0 Å². The second-order valence-corrected chi connectivity index (χ2v) is 4.07. The number of carboxylic acids is 1. The lowest BCUT2D eigenvalue weighted by atomic mass is 10.0. The summed E-state index contributed by atoms with van der Waals surface area (Å²) in [4.78, 5) is 11.0. The Morgan fingerprint density at radius 2 is 1.85 bits per heavy atom. The molecule has 104 valence electrons. The topological polar surface area (TPSA) is 55.8 Å². The van der Waals surface area contributed by atoms with E-state index in [4.69, 9.17) is 14.6 Å². The third-order valence-corrected chi connectivity index (χ3v) is 2.92. The Labute approximate surface area is 115 Å². The number of benzene rings is 2. The van der Waals surface area contributed by atoms with Crippen LogP contribution in [0.3, 0.4) is 0 Å². The summed E-state index contributed by atoms with van der Waals surface area (Å²) in [7, 11) is 3.04. The molecule has 0 spiro atoms. The van der Waals surface area contributed by atoms with Crippen molar-refractivity contribution in [3.05, 3.63) is 47.8 Å². The van der Waals surface area contributed by atoms with Crippen LogP contribution < -0.4 is 9.47 Å². The van der Waals surface area contributed by atoms with Gasteiger partial charge in [-0.3, -0.25) is 0 Å². The summed E-state index contributed by atoms with van der Waals surface area (Å²) in [6, 6.07) is 9.05. The molecule has 0 aliphatic carbocycles. The van der Waals surface area contributed by atoms with Crippen LogP contribution in [0.25, 0.3) is 11.1 Å². The molecule has 0 atom stereocenters. The molecule has 0 unspecified atom stereocenters. The van der Waals surface area contributed by atoms with E-state index >= 15 is 0 Å². The molecule has 2 aromatic rings. The Balaban J connectivity index is 2.56. The highest BCUT2D eigenvalue weighted by Gasteiger charge is 2.14. The van der Waals surface area contributed by atoms with Gasteiger partial charge in [0.2, 0.25) is 0 Å². The van der Waals surface area contributed by atoms with E-state index in [9.17, 15) is 9.18 Å². The molecule has 0 amide bonds. The van der Waals surface area contributed by atoms with Gasteiger partial charge in [0, 0.05) is 11.6 Å². The third kappa shape index (κ3) is 2.56. The predicted octanol–water partition coefficient (Wildman–Crippen LogP) is 3.21. The molecular formula is C15H13FO4. The number of aromatic carboxylic acids is 1. The minimum absolute atomic E-state index is 0.375. The summed E-state index contributed by atoms with van der Waals surface area (Å²) in [5, 5.41) is 8.95. The zero-order valence-electron chi connectivity index (χ0n) is 11.0. The van der Waals surface area contributed by atoms with E-state index in [0.29, 0.717) is 22.6 Å². The van der Waals surface area contributed by atoms with Crippen molar-refractivity contribution >= 4 is 5.97 Å². The molecule has 0 aliphatic heterocycles. The summed E-state index contributed by atoms with van der Waals surface area (Å²) in [6.07, 6.45) is 0. The van der Waals surface area contributed by atoms with Crippen LogP contribution in [0.4, 0.5) is 4.39 Å². The van der Waals surface area contributed by atoms with Crippen molar-refractivity contribution < 1.29 is 23.8 Å². The van der Waals surface area contributed by atoms with Gasteiger partial charge in [-0.2, -0.15) is 0 Å². The van der Waals surface area contributed by atoms with Gasteiger partial charge in [0.15, 0.2) is 0 Å². The number of hydrogen-bond donors (Lipinski definition) is 1. The predicted molar refractivity (Wildman–Crippen MR) is 71.9 cm³/mol. The minimum atomic E-state index is -1.31. The second kappa shape index (κ2) is 5.61. The van der Waals surface area contributed by atoms with Crippen LogP contribution in [0.1, 0.15) is 10.4 Å². The first kappa shape index (κ1) is 13.9. The lowest BCUT2D eigenvalue weighted by molar-refractivity contribution is 0.0692. The monoisotopic (exact) mass is 276 g/mol. The Morgan fingerprint density at radius 1 is 1.10 bits per heavy atom. The van der Waals surface area contributed by atoms with Gasteiger partial charge >= 0.3 is 5.97 Å². The first-order valence-corrected chi connectivity index (χ1v) is 5.82. The fraction of sp³-hybridized carbons (Fsp3) is 0.133. The first-order chi connectivity index (χ1) is 9.56. The average Bonchev–Trinajstić information content (AvgIpc) is 2.46. The van der Waals surface area contributed by atoms with Crippen molar-refractivity contribution in [1.82, 2.24) is 0 Å². The fourth-order valence-electron chi connectivity index (χ4n) is 1.89. The molecule has 20 heavy (non-hydrogen) atoms. The molecule has 0 fully saturated rings. The van der Waals surface area contributed by atoms with Crippen molar-refractivity contribution in [2.45, 2.75) is 0 Å². The molecule has 0 radical (unpaired) electrons. The van der Waals surface area contributed by atoms with Crippen LogP contribution in [0.2, 0.25) is 0 Å². The number of carbonyl (C=O) groups is 1. The summed E-state index contributed by atoms with van der Waals surface area (Å²) in [6.45, 7) is 0. The van der Waals surface area contributed by atoms with Gasteiger partial charge in [0.1, 0.15) is 17.3 Å². The van der Waals surface area contributed by atoms with E-state index in [-0.39, 0.29) is 5.56 Å². The molecule has 0 saturated heterocycles. The Kier molecular flexibility index (Phi) is 3.89. The molecule has 5 heteroatoms. The van der Waals surface area contributed by atoms with Crippen molar-refractivity contribution in [2.75, 3.05) is 14.2 Å². The first-order valence-electron chi connectivity index (χ1n) is 5.82. The lowest BCUT2D eigenvalue weighted by Crippen LogP contribution is -2.01. The standard InChI is InChI=1S/C15H13FO4/c1-19-10-4-5-11(14(8-10)20-2)9-3-6-13(16)12(7-9)15(17)18/h3-8H,1-2H3,(H,17,18). The number of ether oxygens (including phenoxy) is 2. The third-order valence-electron chi connectivity index (χ3n) is 2.92. The molecule has 0 saturated carbocycles. The minimum Gasteiger partial charge on any atom is -0.497 e. The normalized spacial score (nSPS) is 10.2. The van der Waals surface area contributed by atoms with E-state index < -0.39 is 11.8 Å². The largest absolute Gasteiger partial charge is 0.497 e. The smallest absolute Gasteiger partial charge is 0.338 e. The van der Waals surface area contributed by atoms with Crippen molar-refractivity contribution in [2.24, 2.45) is 0 Å². The molecule has 2 aromatic carbocycles. The molecule has 0 heterocycles. The summed E-state index contributed by atoms with van der Waals surface area (Å²) < 4.78 is 23.8. The highest BCUT2D eigenvalue weighted by atomic mass is 19.1. The zero-order valence-corrected chi connectivity index (χ0v) is 11.0. The SMILES string of the molecule is COc1ccc(-c2ccc(F)c(C(=O)O)c2)c(OC)c1. The van der Waals surface area contributed by atoms with E-state index in [1.807, 2.05) is 0 Å². The number of methoxy groups -OCH3 is 2. The highest BCUT2D eigenvalue weighted by Crippen LogP contribution is 2.34. The molecule has 1 N–H and O–H groups in total. The van der Waals surface area contributed by atoms with Gasteiger partial charge in [0.05, 0.1) is 19.8 Å². The molecular weight excluding hydrogens is 263 g/mol. The van der Waals surface area contributed by atoms with Gasteiger partial charge < -0.3 is 14.6 Å². The molecule has 4 nitrogen and oxygen atoms in total. The molecule has 0 bridgehead atoms. The maximum Gasteiger partial charge on any atom is 0.338 e. The van der Waals surface area contributed by atoms with Crippen molar-refractivity contribution in [3.8, 4) is 22.6 Å². The van der Waals surface area contributed by atoms with Crippen LogP contribution in [-0.4, -0.2) is 25.3 Å². The van der Waals surface area contributed by atoms with Gasteiger partial charge in [-0.15, -0.1) is 0 Å². The van der Waals surface area contributed by atoms with Crippen molar-refractivity contribution in [3.63, 3.8) is 0 Å². The van der Waals surface area contributed by atoms with E-state index in [0.717, 1.165) is 6.07 Å². The van der Waals surface area contributed by atoms with Crippen LogP contribution in [-0.2, 0) is 0 Å². The molecule has 0 aliphatic rings. The highest BCUT2D eigenvalue weighted by molar-refractivity contribution is 5.90. The van der Waals surface area contributed by atoms with E-state index in [1.165, 1.54) is 26.4 Å². The van der Waals surface area contributed by atoms with Crippen LogP contribution in [0.15, 0.2) is 36.4 Å².